The third kappa shape index (κ3) is 4.81. The monoisotopic (exact) mass is 213 g/mol. The lowest BCUT2D eigenvalue weighted by molar-refractivity contribution is -0.137. The molecule has 1 aliphatic rings. The Morgan fingerprint density at radius 1 is 1.27 bits per heavy atom. The average Bonchev–Trinajstić information content (AvgIpc) is 2.57. The Labute approximate surface area is 90.3 Å². The molecule has 0 saturated carbocycles. The summed E-state index contributed by atoms with van der Waals surface area (Å²) >= 11 is 0. The smallest absolute Gasteiger partial charge is 0.303 e. The first-order valence-electron chi connectivity index (χ1n) is 5.70. The third-order valence-corrected chi connectivity index (χ3v) is 2.74. The molecule has 1 N–H and O–H groups in total. The van der Waals surface area contributed by atoms with Crippen molar-refractivity contribution in [3.8, 4) is 0 Å². The Kier molecular flexibility index (Phi) is 5.15. The Bertz CT molecular complexity index is 228. The fourth-order valence-electron chi connectivity index (χ4n) is 1.87. The average molecular weight is 213 g/mol. The lowest BCUT2D eigenvalue weighted by Gasteiger charge is -2.14. The first kappa shape index (κ1) is 12.0. The molecule has 1 fully saturated rings. The van der Waals surface area contributed by atoms with Crippen molar-refractivity contribution in [3.63, 3.8) is 0 Å². The highest BCUT2D eigenvalue weighted by Gasteiger charge is 2.18. The van der Waals surface area contributed by atoms with Gasteiger partial charge in [0, 0.05) is 25.9 Å². The van der Waals surface area contributed by atoms with Crippen LogP contribution in [0, 0.1) is 0 Å². The zero-order valence-corrected chi connectivity index (χ0v) is 9.07. The molecule has 0 aromatic heterocycles. The van der Waals surface area contributed by atoms with Gasteiger partial charge >= 0.3 is 5.97 Å². The fraction of sp³-hybridized carbons (Fsp3) is 0.818. The summed E-state index contributed by atoms with van der Waals surface area (Å²) in [5, 5.41) is 8.42. The third-order valence-electron chi connectivity index (χ3n) is 2.74. The molecule has 1 aliphatic heterocycles. The molecular formula is C11H19NO3. The summed E-state index contributed by atoms with van der Waals surface area (Å²) in [5.74, 6) is -0.440. The number of carbonyl (C=O) groups is 2. The number of unbranched alkanes of at least 4 members (excludes halogenated alkanes) is 3. The second-order valence-corrected chi connectivity index (χ2v) is 4.04. The molecule has 0 atom stereocenters. The molecule has 0 spiro atoms. The van der Waals surface area contributed by atoms with Gasteiger partial charge in [-0.2, -0.15) is 0 Å². The molecule has 0 aromatic rings. The minimum atomic E-state index is -0.718. The molecule has 1 saturated heterocycles. The summed E-state index contributed by atoms with van der Waals surface area (Å²) in [7, 11) is 0. The number of carboxylic acid groups (broad SMARTS) is 1. The Morgan fingerprint density at radius 3 is 2.60 bits per heavy atom. The Balaban J connectivity index is 1.92. The first-order valence-corrected chi connectivity index (χ1v) is 5.70. The van der Waals surface area contributed by atoms with Gasteiger partial charge in [-0.05, 0) is 19.3 Å². The molecule has 0 bridgehead atoms. The number of nitrogens with zero attached hydrogens (tertiary/aromatic N) is 1. The largest absolute Gasteiger partial charge is 0.481 e. The van der Waals surface area contributed by atoms with E-state index in [4.69, 9.17) is 5.11 Å². The Hall–Kier alpha value is -1.06. The molecule has 15 heavy (non-hydrogen) atoms. The van der Waals surface area contributed by atoms with Crippen LogP contribution < -0.4 is 0 Å². The number of rotatable bonds is 7. The van der Waals surface area contributed by atoms with Gasteiger partial charge in [0.05, 0.1) is 0 Å². The number of likely N-dealkylation sites (tertiary alicyclic amines) is 1. The Morgan fingerprint density at radius 2 is 2.00 bits per heavy atom. The molecule has 4 nitrogen and oxygen atoms in total. The van der Waals surface area contributed by atoms with Crippen molar-refractivity contribution in [1.29, 1.82) is 0 Å². The van der Waals surface area contributed by atoms with Gasteiger partial charge < -0.3 is 10.0 Å². The van der Waals surface area contributed by atoms with E-state index >= 15 is 0 Å². The molecule has 4 heteroatoms. The minimum Gasteiger partial charge on any atom is -0.481 e. The summed E-state index contributed by atoms with van der Waals surface area (Å²) in [6.07, 6.45) is 5.71. The SMILES string of the molecule is O=C(O)CCCCCCN1CCCC1=O. The van der Waals surface area contributed by atoms with Crippen molar-refractivity contribution in [1.82, 2.24) is 4.90 Å². The van der Waals surface area contributed by atoms with Crippen molar-refractivity contribution >= 4 is 11.9 Å². The van der Waals surface area contributed by atoms with E-state index in [-0.39, 0.29) is 12.3 Å². The second-order valence-electron chi connectivity index (χ2n) is 4.04. The van der Waals surface area contributed by atoms with Crippen LogP contribution in [0.15, 0.2) is 0 Å². The van der Waals surface area contributed by atoms with Crippen LogP contribution in [0.3, 0.4) is 0 Å². The van der Waals surface area contributed by atoms with E-state index < -0.39 is 5.97 Å². The van der Waals surface area contributed by atoms with Crippen molar-refractivity contribution in [3.05, 3.63) is 0 Å². The number of carboxylic acids is 1. The van der Waals surface area contributed by atoms with Gasteiger partial charge in [-0.1, -0.05) is 12.8 Å². The number of carbonyl (C=O) groups excluding carboxylic acids is 1. The maximum Gasteiger partial charge on any atom is 0.303 e. The van der Waals surface area contributed by atoms with Crippen molar-refractivity contribution < 1.29 is 14.7 Å². The lowest BCUT2D eigenvalue weighted by atomic mass is 10.1. The highest BCUT2D eigenvalue weighted by molar-refractivity contribution is 5.77. The van der Waals surface area contributed by atoms with E-state index in [1.54, 1.807) is 0 Å². The number of aliphatic carboxylic acids is 1. The molecule has 86 valence electrons. The van der Waals surface area contributed by atoms with Crippen LogP contribution in [0.1, 0.15) is 44.9 Å². The van der Waals surface area contributed by atoms with Crippen LogP contribution >= 0.6 is 0 Å². The van der Waals surface area contributed by atoms with Gasteiger partial charge in [0.1, 0.15) is 0 Å². The summed E-state index contributed by atoms with van der Waals surface area (Å²) in [4.78, 5) is 23.4. The van der Waals surface area contributed by atoms with Gasteiger partial charge in [-0.15, -0.1) is 0 Å². The van der Waals surface area contributed by atoms with Gasteiger partial charge in [-0.25, -0.2) is 0 Å². The molecule has 1 heterocycles. The van der Waals surface area contributed by atoms with E-state index in [9.17, 15) is 9.59 Å². The fourth-order valence-corrected chi connectivity index (χ4v) is 1.87. The minimum absolute atomic E-state index is 0.267. The van der Waals surface area contributed by atoms with Crippen LogP contribution in [0.25, 0.3) is 0 Å². The maximum absolute atomic E-state index is 11.2. The van der Waals surface area contributed by atoms with Gasteiger partial charge in [-0.3, -0.25) is 9.59 Å². The van der Waals surface area contributed by atoms with Crippen LogP contribution in [0.5, 0.6) is 0 Å². The van der Waals surface area contributed by atoms with Crippen molar-refractivity contribution in [2.24, 2.45) is 0 Å². The predicted molar refractivity (Wildman–Crippen MR) is 56.5 cm³/mol. The molecular weight excluding hydrogens is 194 g/mol. The van der Waals surface area contributed by atoms with Gasteiger partial charge in [0.25, 0.3) is 0 Å². The van der Waals surface area contributed by atoms with Gasteiger partial charge in [0.15, 0.2) is 0 Å². The van der Waals surface area contributed by atoms with Crippen LogP contribution in [-0.4, -0.2) is 35.0 Å². The van der Waals surface area contributed by atoms with Crippen LogP contribution in [0.4, 0.5) is 0 Å². The molecule has 0 aliphatic carbocycles. The van der Waals surface area contributed by atoms with Gasteiger partial charge in [0.2, 0.25) is 5.91 Å². The topological polar surface area (TPSA) is 57.6 Å². The number of hydrogen-bond acceptors (Lipinski definition) is 2. The summed E-state index contributed by atoms with van der Waals surface area (Å²) in [5.41, 5.74) is 0. The molecule has 0 radical (unpaired) electrons. The van der Waals surface area contributed by atoms with E-state index in [1.165, 1.54) is 0 Å². The van der Waals surface area contributed by atoms with Crippen LogP contribution in [-0.2, 0) is 9.59 Å². The zero-order chi connectivity index (χ0) is 11.1. The highest BCUT2D eigenvalue weighted by atomic mass is 16.4. The highest BCUT2D eigenvalue weighted by Crippen LogP contribution is 2.11. The molecule has 1 amide bonds. The molecule has 0 unspecified atom stereocenters. The van der Waals surface area contributed by atoms with Crippen molar-refractivity contribution in [2.75, 3.05) is 13.1 Å². The van der Waals surface area contributed by atoms with E-state index in [1.807, 2.05) is 4.90 Å². The summed E-state index contributed by atoms with van der Waals surface area (Å²) in [6.45, 7) is 1.76. The summed E-state index contributed by atoms with van der Waals surface area (Å²) < 4.78 is 0. The van der Waals surface area contributed by atoms with E-state index in [2.05, 4.69) is 0 Å². The van der Waals surface area contributed by atoms with Crippen LogP contribution in [0.2, 0.25) is 0 Å². The maximum atomic E-state index is 11.2. The lowest BCUT2D eigenvalue weighted by Crippen LogP contribution is -2.25. The zero-order valence-electron chi connectivity index (χ0n) is 9.07. The normalized spacial score (nSPS) is 16.0. The standard InChI is InChI=1S/C11H19NO3/c13-10-6-5-9-12(10)8-4-2-1-3-7-11(14)15/h1-9H2,(H,14,15). The molecule has 0 aromatic carbocycles. The second kappa shape index (κ2) is 6.43. The first-order chi connectivity index (χ1) is 7.20. The number of hydrogen-bond donors (Lipinski definition) is 1. The predicted octanol–water partition coefficient (Wildman–Crippen LogP) is 1.64. The summed E-state index contributed by atoms with van der Waals surface area (Å²) in [6, 6.07) is 0. The van der Waals surface area contributed by atoms with E-state index in [0.717, 1.165) is 45.2 Å². The quantitative estimate of drug-likeness (QED) is 0.654. The van der Waals surface area contributed by atoms with Crippen molar-refractivity contribution in [2.45, 2.75) is 44.9 Å². The van der Waals surface area contributed by atoms with E-state index in [0.29, 0.717) is 6.42 Å². The molecule has 1 rings (SSSR count). The number of amides is 1.